The number of rotatable bonds is 1. The highest BCUT2D eigenvalue weighted by Gasteiger charge is 2.03. The van der Waals surface area contributed by atoms with Crippen LogP contribution in [0.15, 0.2) is 0 Å². The molecule has 0 fully saturated rings. The molecule has 48 valence electrons. The second kappa shape index (κ2) is 1.97. The molecule has 0 aromatic rings. The first-order valence-corrected chi connectivity index (χ1v) is 3.00. The van der Waals surface area contributed by atoms with Gasteiger partial charge in [-0.1, -0.05) is 0 Å². The van der Waals surface area contributed by atoms with E-state index >= 15 is 0 Å². The molecule has 0 aromatic carbocycles. The van der Waals surface area contributed by atoms with Crippen LogP contribution in [0.25, 0.3) is 0 Å². The number of hydrogen-bond acceptors (Lipinski definition) is 3. The van der Waals surface area contributed by atoms with Gasteiger partial charge < -0.3 is 5.11 Å². The zero-order valence-corrected chi connectivity index (χ0v) is 4.47. The minimum atomic E-state index is -4.07. The average molecular weight is 140 g/mol. The lowest BCUT2D eigenvalue weighted by atomic mass is 11.3. The molecular formula is CH4N2O4S. The standard InChI is InChI=1S/CH4N2O4S/c2-8(6,7)3-1(4)5/h3H,(H,4,5)(H2,2,6,7). The van der Waals surface area contributed by atoms with Crippen molar-refractivity contribution in [3.63, 3.8) is 0 Å². The Morgan fingerprint density at radius 3 is 2.00 bits per heavy atom. The van der Waals surface area contributed by atoms with E-state index in [1.165, 1.54) is 0 Å². The molecule has 0 spiro atoms. The SMILES string of the molecule is NS(=O)(=O)NC(=O)O. The normalized spacial score (nSPS) is 10.6. The van der Waals surface area contributed by atoms with Gasteiger partial charge in [0.25, 0.3) is 0 Å². The number of hydrogen-bond donors (Lipinski definition) is 3. The molecule has 0 aliphatic rings. The molecule has 0 aliphatic carbocycles. The van der Waals surface area contributed by atoms with Crippen LogP contribution >= 0.6 is 0 Å². The topological polar surface area (TPSA) is 109 Å². The Kier molecular flexibility index (Phi) is 1.77. The van der Waals surface area contributed by atoms with Crippen molar-refractivity contribution in [1.29, 1.82) is 0 Å². The maximum atomic E-state index is 9.73. The molecule has 0 heterocycles. The van der Waals surface area contributed by atoms with E-state index in [1.54, 1.807) is 0 Å². The van der Waals surface area contributed by atoms with Gasteiger partial charge in [0.2, 0.25) is 0 Å². The Bertz CT molecular complexity index is 180. The van der Waals surface area contributed by atoms with E-state index in [4.69, 9.17) is 5.11 Å². The third-order valence-electron chi connectivity index (χ3n) is 0.230. The van der Waals surface area contributed by atoms with Crippen molar-refractivity contribution >= 4 is 16.3 Å². The lowest BCUT2D eigenvalue weighted by molar-refractivity contribution is 0.201. The average Bonchev–Trinajstić information content (AvgIpc) is 1.21. The minimum Gasteiger partial charge on any atom is -0.464 e. The summed E-state index contributed by atoms with van der Waals surface area (Å²) in [5, 5.41) is 11.9. The third kappa shape index (κ3) is 5.18. The van der Waals surface area contributed by atoms with Crippen LogP contribution in [0.1, 0.15) is 0 Å². The summed E-state index contributed by atoms with van der Waals surface area (Å²) < 4.78 is 20.5. The molecule has 0 saturated carbocycles. The van der Waals surface area contributed by atoms with Crippen molar-refractivity contribution in [2.45, 2.75) is 0 Å². The largest absolute Gasteiger partial charge is 0.464 e. The maximum absolute atomic E-state index is 9.73. The molecule has 1 amide bonds. The molecule has 0 radical (unpaired) electrons. The van der Waals surface area contributed by atoms with Crippen molar-refractivity contribution < 1.29 is 18.3 Å². The molecule has 7 heteroatoms. The van der Waals surface area contributed by atoms with Crippen LogP contribution in [0.2, 0.25) is 0 Å². The van der Waals surface area contributed by atoms with Gasteiger partial charge in [-0.3, -0.25) is 0 Å². The van der Waals surface area contributed by atoms with E-state index in [0.717, 1.165) is 4.72 Å². The van der Waals surface area contributed by atoms with Gasteiger partial charge in [0.1, 0.15) is 0 Å². The third-order valence-corrected chi connectivity index (χ3v) is 0.689. The molecule has 0 aromatic heterocycles. The first kappa shape index (κ1) is 7.18. The lowest BCUT2D eigenvalue weighted by Crippen LogP contribution is -2.34. The zero-order valence-electron chi connectivity index (χ0n) is 3.66. The summed E-state index contributed by atoms with van der Waals surface area (Å²) in [6.45, 7) is 0. The van der Waals surface area contributed by atoms with Crippen LogP contribution in [0, 0.1) is 0 Å². The predicted octanol–water partition coefficient (Wildman–Crippen LogP) is -1.54. The van der Waals surface area contributed by atoms with Crippen LogP contribution in [0.3, 0.4) is 0 Å². The van der Waals surface area contributed by atoms with E-state index in [1.807, 2.05) is 0 Å². The number of carbonyl (C=O) groups is 1. The lowest BCUT2D eigenvalue weighted by Gasteiger charge is -1.91. The molecule has 0 bridgehead atoms. The van der Waals surface area contributed by atoms with Gasteiger partial charge in [-0.15, -0.1) is 0 Å². The van der Waals surface area contributed by atoms with Gasteiger partial charge in [-0.25, -0.2) is 14.7 Å². The summed E-state index contributed by atoms with van der Waals surface area (Å²) in [6, 6.07) is 0. The maximum Gasteiger partial charge on any atom is 0.419 e. The molecule has 6 nitrogen and oxygen atoms in total. The van der Waals surface area contributed by atoms with Gasteiger partial charge in [0.15, 0.2) is 0 Å². The molecule has 0 unspecified atom stereocenters. The highest BCUT2D eigenvalue weighted by Crippen LogP contribution is 1.64. The molecular weight excluding hydrogens is 136 g/mol. The summed E-state index contributed by atoms with van der Waals surface area (Å²) in [5.74, 6) is 0. The quantitative estimate of drug-likeness (QED) is 0.409. The molecule has 8 heavy (non-hydrogen) atoms. The summed E-state index contributed by atoms with van der Waals surface area (Å²) in [4.78, 5) is 9.44. The second-order valence-corrected chi connectivity index (χ2v) is 2.25. The van der Waals surface area contributed by atoms with Crippen LogP contribution < -0.4 is 9.86 Å². The summed E-state index contributed by atoms with van der Waals surface area (Å²) in [5.41, 5.74) is 0. The van der Waals surface area contributed by atoms with Gasteiger partial charge in [0.05, 0.1) is 0 Å². The number of nitrogens with two attached hydrogens (primary N) is 1. The number of nitrogens with one attached hydrogen (secondary N) is 1. The molecule has 0 atom stereocenters. The highest BCUT2D eigenvalue weighted by atomic mass is 32.2. The Balaban J connectivity index is 3.95. The van der Waals surface area contributed by atoms with Crippen molar-refractivity contribution in [3.05, 3.63) is 0 Å². The summed E-state index contributed by atoms with van der Waals surface area (Å²) >= 11 is 0. The van der Waals surface area contributed by atoms with E-state index < -0.39 is 16.3 Å². The fraction of sp³-hybridized carbons (Fsp3) is 0. The Morgan fingerprint density at radius 1 is 1.62 bits per heavy atom. The molecule has 0 saturated heterocycles. The van der Waals surface area contributed by atoms with Gasteiger partial charge in [-0.05, 0) is 0 Å². The number of amides is 1. The van der Waals surface area contributed by atoms with Crippen LogP contribution in [0.5, 0.6) is 0 Å². The Labute approximate surface area is 45.5 Å². The van der Waals surface area contributed by atoms with Crippen molar-refractivity contribution in [2.24, 2.45) is 5.14 Å². The van der Waals surface area contributed by atoms with Gasteiger partial charge in [0, 0.05) is 0 Å². The van der Waals surface area contributed by atoms with Crippen LogP contribution in [-0.4, -0.2) is 19.6 Å². The van der Waals surface area contributed by atoms with E-state index in [0.29, 0.717) is 0 Å². The van der Waals surface area contributed by atoms with E-state index in [9.17, 15) is 13.2 Å². The van der Waals surface area contributed by atoms with Crippen molar-refractivity contribution in [3.8, 4) is 0 Å². The fourth-order valence-electron chi connectivity index (χ4n) is 0.122. The van der Waals surface area contributed by atoms with Gasteiger partial charge in [-0.2, -0.15) is 8.42 Å². The fourth-order valence-corrected chi connectivity index (χ4v) is 0.365. The van der Waals surface area contributed by atoms with Crippen molar-refractivity contribution in [1.82, 2.24) is 4.72 Å². The number of carboxylic acid groups (broad SMARTS) is 1. The highest BCUT2D eigenvalue weighted by molar-refractivity contribution is 7.87. The molecule has 0 aliphatic heterocycles. The van der Waals surface area contributed by atoms with Crippen LogP contribution in [0.4, 0.5) is 4.79 Å². The summed E-state index contributed by atoms with van der Waals surface area (Å²) in [7, 11) is -4.07. The molecule has 0 rings (SSSR count). The first-order valence-electron chi connectivity index (χ1n) is 1.45. The van der Waals surface area contributed by atoms with Crippen molar-refractivity contribution in [2.75, 3.05) is 0 Å². The molecule has 4 N–H and O–H groups in total. The first-order chi connectivity index (χ1) is 3.42. The smallest absolute Gasteiger partial charge is 0.419 e. The Morgan fingerprint density at radius 2 is 2.00 bits per heavy atom. The summed E-state index contributed by atoms with van der Waals surface area (Å²) in [6.07, 6.45) is -1.69. The zero-order chi connectivity index (χ0) is 6.78. The van der Waals surface area contributed by atoms with E-state index in [-0.39, 0.29) is 0 Å². The van der Waals surface area contributed by atoms with Crippen LogP contribution in [-0.2, 0) is 10.2 Å². The van der Waals surface area contributed by atoms with E-state index in [2.05, 4.69) is 5.14 Å². The Hall–Kier alpha value is -0.820. The van der Waals surface area contributed by atoms with Gasteiger partial charge >= 0.3 is 16.3 Å². The second-order valence-electron chi connectivity index (χ2n) is 0.952. The monoisotopic (exact) mass is 140 g/mol. The predicted molar refractivity (Wildman–Crippen MR) is 24.3 cm³/mol. The minimum absolute atomic E-state index is 1.05.